The Morgan fingerprint density at radius 1 is 1.47 bits per heavy atom. The summed E-state index contributed by atoms with van der Waals surface area (Å²) >= 11 is 0. The lowest BCUT2D eigenvalue weighted by Crippen LogP contribution is -2.23. The maximum Gasteiger partial charge on any atom is 0.215 e. The first-order valence-electron chi connectivity index (χ1n) is 5.61. The number of pyridine rings is 1. The van der Waals surface area contributed by atoms with Crippen LogP contribution in [-0.2, 0) is 0 Å². The summed E-state index contributed by atoms with van der Waals surface area (Å²) in [5.74, 6) is 0.533. The number of nitrogens with zero attached hydrogens (tertiary/aromatic N) is 1. The number of aliphatic hydroxyl groups is 2. The van der Waals surface area contributed by atoms with Crippen LogP contribution in [0.15, 0.2) is 12.3 Å². The van der Waals surface area contributed by atoms with Crippen molar-refractivity contribution in [3.05, 3.63) is 23.4 Å². The molecular weight excluding hydrogens is 220 g/mol. The summed E-state index contributed by atoms with van der Waals surface area (Å²) in [5.41, 5.74) is 1.44. The van der Waals surface area contributed by atoms with E-state index in [2.05, 4.69) is 10.3 Å². The van der Waals surface area contributed by atoms with E-state index in [-0.39, 0.29) is 0 Å². The average molecular weight is 240 g/mol. The smallest absolute Gasteiger partial charge is 0.215 e. The molecule has 2 atom stereocenters. The minimum atomic E-state index is -0.916. The fourth-order valence-electron chi connectivity index (χ4n) is 1.63. The van der Waals surface area contributed by atoms with Crippen molar-refractivity contribution in [1.82, 2.24) is 10.3 Å². The van der Waals surface area contributed by atoms with E-state index in [1.165, 1.54) is 6.20 Å². The van der Waals surface area contributed by atoms with E-state index in [0.29, 0.717) is 24.4 Å². The summed E-state index contributed by atoms with van der Waals surface area (Å²) in [7, 11) is 3.35. The molecule has 0 bridgehead atoms. The number of aryl methyl sites for hydroxylation is 1. The first-order chi connectivity index (χ1) is 8.10. The van der Waals surface area contributed by atoms with Gasteiger partial charge in [0.15, 0.2) is 0 Å². The molecule has 1 rings (SSSR count). The van der Waals surface area contributed by atoms with Gasteiger partial charge in [0, 0.05) is 17.3 Å². The normalized spacial score (nSPS) is 14.4. The predicted molar refractivity (Wildman–Crippen MR) is 65.0 cm³/mol. The van der Waals surface area contributed by atoms with Crippen LogP contribution in [0.1, 0.15) is 23.7 Å². The van der Waals surface area contributed by atoms with Gasteiger partial charge >= 0.3 is 0 Å². The Labute approximate surface area is 101 Å². The minimum absolute atomic E-state index is 0.489. The van der Waals surface area contributed by atoms with E-state index in [9.17, 15) is 10.2 Å². The second-order valence-electron chi connectivity index (χ2n) is 4.00. The fourth-order valence-corrected chi connectivity index (χ4v) is 1.63. The van der Waals surface area contributed by atoms with Crippen LogP contribution in [-0.4, -0.2) is 42.0 Å². The van der Waals surface area contributed by atoms with E-state index < -0.39 is 12.2 Å². The highest BCUT2D eigenvalue weighted by atomic mass is 16.5. The van der Waals surface area contributed by atoms with Crippen molar-refractivity contribution in [2.45, 2.75) is 25.6 Å². The van der Waals surface area contributed by atoms with Crippen LogP contribution in [0.4, 0.5) is 0 Å². The predicted octanol–water partition coefficient (Wildman–Crippen LogP) is 0.402. The lowest BCUT2D eigenvalue weighted by atomic mass is 10.0. The molecule has 0 aliphatic rings. The summed E-state index contributed by atoms with van der Waals surface area (Å²) in [6.07, 6.45) is 0.305. The van der Waals surface area contributed by atoms with Gasteiger partial charge in [-0.3, -0.25) is 0 Å². The van der Waals surface area contributed by atoms with Crippen LogP contribution in [0, 0.1) is 6.92 Å². The average Bonchev–Trinajstić information content (AvgIpc) is 2.34. The molecule has 1 aromatic heterocycles. The molecular formula is C12H20N2O3. The van der Waals surface area contributed by atoms with Crippen molar-refractivity contribution < 1.29 is 14.9 Å². The van der Waals surface area contributed by atoms with Gasteiger partial charge in [-0.25, -0.2) is 4.98 Å². The van der Waals surface area contributed by atoms with Crippen molar-refractivity contribution in [3.8, 4) is 5.88 Å². The van der Waals surface area contributed by atoms with E-state index in [0.717, 1.165) is 5.56 Å². The van der Waals surface area contributed by atoms with Crippen molar-refractivity contribution in [2.24, 2.45) is 0 Å². The SMILES string of the molecule is CNCCC(O)C(O)c1cnc(OC)c(C)c1. The molecule has 0 saturated carbocycles. The topological polar surface area (TPSA) is 74.6 Å². The van der Waals surface area contributed by atoms with Gasteiger partial charge in [-0.05, 0) is 33.0 Å². The first kappa shape index (κ1) is 13.9. The molecule has 0 radical (unpaired) electrons. The molecule has 0 amide bonds. The summed E-state index contributed by atoms with van der Waals surface area (Å²) in [5, 5.41) is 22.6. The quantitative estimate of drug-likeness (QED) is 0.671. The second kappa shape index (κ2) is 6.54. The third-order valence-electron chi connectivity index (χ3n) is 2.64. The number of nitrogens with one attached hydrogen (secondary N) is 1. The highest BCUT2D eigenvalue weighted by Crippen LogP contribution is 2.22. The third kappa shape index (κ3) is 3.66. The Balaban J connectivity index is 2.74. The molecule has 2 unspecified atom stereocenters. The van der Waals surface area contributed by atoms with Gasteiger partial charge < -0.3 is 20.3 Å². The van der Waals surface area contributed by atoms with Gasteiger partial charge in [0.2, 0.25) is 5.88 Å². The molecule has 17 heavy (non-hydrogen) atoms. The van der Waals surface area contributed by atoms with E-state index in [1.54, 1.807) is 20.2 Å². The fraction of sp³-hybridized carbons (Fsp3) is 0.583. The number of methoxy groups -OCH3 is 1. The number of ether oxygens (including phenoxy) is 1. The molecule has 5 nitrogen and oxygen atoms in total. The molecule has 0 spiro atoms. The maximum absolute atomic E-state index is 9.95. The van der Waals surface area contributed by atoms with Crippen molar-refractivity contribution in [1.29, 1.82) is 0 Å². The molecule has 5 heteroatoms. The van der Waals surface area contributed by atoms with Crippen molar-refractivity contribution in [2.75, 3.05) is 20.7 Å². The molecule has 3 N–H and O–H groups in total. The van der Waals surface area contributed by atoms with Crippen LogP contribution >= 0.6 is 0 Å². The zero-order valence-electron chi connectivity index (χ0n) is 10.5. The number of hydrogen-bond acceptors (Lipinski definition) is 5. The molecule has 0 aliphatic carbocycles. The lowest BCUT2D eigenvalue weighted by molar-refractivity contribution is 0.0137. The second-order valence-corrected chi connectivity index (χ2v) is 4.00. The van der Waals surface area contributed by atoms with Gasteiger partial charge in [0.25, 0.3) is 0 Å². The Morgan fingerprint density at radius 2 is 2.18 bits per heavy atom. The van der Waals surface area contributed by atoms with Crippen molar-refractivity contribution in [3.63, 3.8) is 0 Å². The largest absolute Gasteiger partial charge is 0.481 e. The standard InChI is InChI=1S/C12H20N2O3/c1-8-6-9(7-14-12(8)17-3)11(16)10(15)4-5-13-2/h6-7,10-11,13,15-16H,4-5H2,1-3H3. The monoisotopic (exact) mass is 240 g/mol. The molecule has 1 aromatic rings. The molecule has 0 aromatic carbocycles. The molecule has 0 saturated heterocycles. The number of aliphatic hydroxyl groups excluding tert-OH is 2. The van der Waals surface area contributed by atoms with E-state index in [1.807, 2.05) is 6.92 Å². The summed E-state index contributed by atoms with van der Waals surface area (Å²) < 4.78 is 5.04. The van der Waals surface area contributed by atoms with Gasteiger partial charge in [-0.15, -0.1) is 0 Å². The zero-order chi connectivity index (χ0) is 12.8. The van der Waals surface area contributed by atoms with Crippen LogP contribution in [0.5, 0.6) is 5.88 Å². The third-order valence-corrected chi connectivity index (χ3v) is 2.64. The van der Waals surface area contributed by atoms with Crippen LogP contribution in [0.25, 0.3) is 0 Å². The first-order valence-corrected chi connectivity index (χ1v) is 5.61. The Morgan fingerprint density at radius 3 is 2.71 bits per heavy atom. The van der Waals surface area contributed by atoms with Crippen molar-refractivity contribution >= 4 is 0 Å². The van der Waals surface area contributed by atoms with Gasteiger partial charge in [0.05, 0.1) is 13.2 Å². The number of aromatic nitrogens is 1. The Hall–Kier alpha value is -1.17. The van der Waals surface area contributed by atoms with Crippen LogP contribution < -0.4 is 10.1 Å². The minimum Gasteiger partial charge on any atom is -0.481 e. The molecule has 0 aliphatic heterocycles. The van der Waals surface area contributed by atoms with Crippen LogP contribution in [0.3, 0.4) is 0 Å². The van der Waals surface area contributed by atoms with E-state index >= 15 is 0 Å². The summed E-state index contributed by atoms with van der Waals surface area (Å²) in [6, 6.07) is 1.78. The highest BCUT2D eigenvalue weighted by Gasteiger charge is 2.19. The molecule has 1 heterocycles. The van der Waals surface area contributed by atoms with Crippen LogP contribution in [0.2, 0.25) is 0 Å². The highest BCUT2D eigenvalue weighted by molar-refractivity contribution is 5.29. The molecule has 0 fully saturated rings. The summed E-state index contributed by atoms with van der Waals surface area (Å²) in [4.78, 5) is 4.07. The Kier molecular flexibility index (Phi) is 5.34. The van der Waals surface area contributed by atoms with Gasteiger partial charge in [0.1, 0.15) is 6.10 Å². The number of hydrogen-bond donors (Lipinski definition) is 3. The maximum atomic E-state index is 9.95. The van der Waals surface area contributed by atoms with Gasteiger partial charge in [-0.2, -0.15) is 0 Å². The Bertz CT molecular complexity index is 358. The number of rotatable bonds is 6. The zero-order valence-corrected chi connectivity index (χ0v) is 10.5. The molecule has 96 valence electrons. The van der Waals surface area contributed by atoms with Gasteiger partial charge in [-0.1, -0.05) is 0 Å². The summed E-state index contributed by atoms with van der Waals surface area (Å²) in [6.45, 7) is 2.50. The lowest BCUT2D eigenvalue weighted by Gasteiger charge is -2.18. The van der Waals surface area contributed by atoms with E-state index in [4.69, 9.17) is 4.74 Å².